The number of Topliss-reactive ketones (excluding diaryl/α,β-unsaturated/α-hetero) is 1. The molecule has 0 spiro atoms. The summed E-state index contributed by atoms with van der Waals surface area (Å²) in [4.78, 5) is 23.3. The summed E-state index contributed by atoms with van der Waals surface area (Å²) < 4.78 is 32.5. The van der Waals surface area contributed by atoms with Crippen LogP contribution in [0.2, 0.25) is 0 Å². The first-order chi connectivity index (χ1) is 12.6. The smallest absolute Gasteiger partial charge is 0.244 e. The van der Waals surface area contributed by atoms with E-state index in [-0.39, 0.29) is 16.4 Å². The van der Waals surface area contributed by atoms with Gasteiger partial charge in [0.25, 0.3) is 0 Å². The Kier molecular flexibility index (Phi) is 6.35. The minimum Gasteiger partial charge on any atom is -0.495 e. The number of rotatable bonds is 7. The average Bonchev–Trinajstić information content (AvgIpc) is 2.62. The topological polar surface area (TPSA) is 102 Å². The number of carbonyl (C=O) groups excluding carboxylic acids is 2. The zero-order valence-electron chi connectivity index (χ0n) is 15.6. The fourth-order valence-corrected chi connectivity index (χ4v) is 3.58. The van der Waals surface area contributed by atoms with Crippen LogP contribution in [0.25, 0.3) is 0 Å². The van der Waals surface area contributed by atoms with Crippen LogP contribution in [0.3, 0.4) is 0 Å². The van der Waals surface area contributed by atoms with E-state index in [1.54, 1.807) is 37.3 Å². The number of benzene rings is 2. The van der Waals surface area contributed by atoms with E-state index < -0.39 is 22.5 Å². The normalized spacial score (nSPS) is 11.1. The minimum atomic E-state index is -3.93. The Hall–Kier alpha value is -2.71. The van der Waals surface area contributed by atoms with E-state index >= 15 is 0 Å². The summed E-state index contributed by atoms with van der Waals surface area (Å²) >= 11 is 0. The van der Waals surface area contributed by atoms with Crippen molar-refractivity contribution in [3.8, 4) is 5.75 Å². The van der Waals surface area contributed by atoms with Gasteiger partial charge in [-0.3, -0.25) is 9.59 Å². The van der Waals surface area contributed by atoms with Gasteiger partial charge in [-0.05, 0) is 68.3 Å². The summed E-state index contributed by atoms with van der Waals surface area (Å²) in [7, 11) is -2.54. The molecule has 0 unspecified atom stereocenters. The molecule has 0 saturated carbocycles. The number of methoxy groups -OCH3 is 1. The molecule has 0 aromatic heterocycles. The molecule has 0 heterocycles. The molecule has 7 nitrogen and oxygen atoms in total. The molecular weight excluding hydrogens is 368 g/mol. The van der Waals surface area contributed by atoms with Crippen molar-refractivity contribution in [3.63, 3.8) is 0 Å². The van der Waals surface area contributed by atoms with Crippen LogP contribution < -0.4 is 14.8 Å². The summed E-state index contributed by atoms with van der Waals surface area (Å²) in [5.74, 6) is -0.397. The molecule has 2 aromatic carbocycles. The van der Waals surface area contributed by atoms with Crippen molar-refractivity contribution >= 4 is 27.4 Å². The minimum absolute atomic E-state index is 0.0216. The van der Waals surface area contributed by atoms with Crippen molar-refractivity contribution in [2.24, 2.45) is 0 Å². The van der Waals surface area contributed by atoms with Crippen LogP contribution in [0.15, 0.2) is 41.3 Å². The molecular formula is C19H22N2O5S. The van der Waals surface area contributed by atoms with Gasteiger partial charge in [0.1, 0.15) is 10.6 Å². The number of ketones is 1. The van der Waals surface area contributed by atoms with Crippen molar-refractivity contribution < 1.29 is 22.7 Å². The molecule has 0 aliphatic carbocycles. The van der Waals surface area contributed by atoms with Crippen molar-refractivity contribution in [3.05, 3.63) is 53.1 Å². The first kappa shape index (κ1) is 20.6. The summed E-state index contributed by atoms with van der Waals surface area (Å²) in [6.07, 6.45) is 0. The molecule has 144 valence electrons. The lowest BCUT2D eigenvalue weighted by Crippen LogP contribution is -2.33. The number of sulfonamides is 1. The lowest BCUT2D eigenvalue weighted by Gasteiger charge is -2.13. The molecule has 0 radical (unpaired) electrons. The molecule has 0 atom stereocenters. The molecule has 2 aromatic rings. The predicted octanol–water partition coefficient (Wildman–Crippen LogP) is 2.43. The number of aryl methyl sites for hydroxylation is 2. The van der Waals surface area contributed by atoms with Crippen LogP contribution in [0.4, 0.5) is 5.69 Å². The monoisotopic (exact) mass is 390 g/mol. The van der Waals surface area contributed by atoms with Gasteiger partial charge >= 0.3 is 0 Å². The lowest BCUT2D eigenvalue weighted by atomic mass is 10.1. The van der Waals surface area contributed by atoms with Gasteiger partial charge in [-0.2, -0.15) is 0 Å². The molecule has 2 rings (SSSR count). The summed E-state index contributed by atoms with van der Waals surface area (Å²) in [5.41, 5.74) is 2.69. The maximum absolute atomic E-state index is 12.5. The van der Waals surface area contributed by atoms with Gasteiger partial charge < -0.3 is 10.1 Å². The number of amides is 1. The number of carbonyl (C=O) groups is 2. The zero-order valence-corrected chi connectivity index (χ0v) is 16.4. The largest absolute Gasteiger partial charge is 0.495 e. The van der Waals surface area contributed by atoms with Gasteiger partial charge in [0.05, 0.1) is 13.7 Å². The van der Waals surface area contributed by atoms with Crippen LogP contribution in [-0.2, 0) is 14.8 Å². The highest BCUT2D eigenvalue weighted by Crippen LogP contribution is 2.27. The standard InChI is InChI=1S/C19H22N2O5S/c1-12-9-17(26-4)18(10-13(12)2)27(24,25)20-11-19(23)21-16-7-5-15(6-8-16)14(3)22/h5-10,20H,11H2,1-4H3,(H,21,23). The van der Waals surface area contributed by atoms with E-state index in [4.69, 9.17) is 4.74 Å². The highest BCUT2D eigenvalue weighted by Gasteiger charge is 2.21. The van der Waals surface area contributed by atoms with E-state index in [0.717, 1.165) is 11.1 Å². The van der Waals surface area contributed by atoms with E-state index in [0.29, 0.717) is 11.3 Å². The first-order valence-electron chi connectivity index (χ1n) is 8.20. The van der Waals surface area contributed by atoms with Gasteiger partial charge in [-0.25, -0.2) is 13.1 Å². The molecule has 0 saturated heterocycles. The summed E-state index contributed by atoms with van der Waals surface area (Å²) in [6.45, 7) is 4.66. The molecule has 2 N–H and O–H groups in total. The summed E-state index contributed by atoms with van der Waals surface area (Å²) in [5, 5.41) is 2.57. The third-order valence-corrected chi connectivity index (χ3v) is 5.49. The maximum Gasteiger partial charge on any atom is 0.244 e. The van der Waals surface area contributed by atoms with Crippen molar-refractivity contribution in [1.82, 2.24) is 4.72 Å². The molecule has 0 bridgehead atoms. The van der Waals surface area contributed by atoms with Crippen LogP contribution in [0, 0.1) is 13.8 Å². The second-order valence-corrected chi connectivity index (χ2v) is 7.83. The van der Waals surface area contributed by atoms with Crippen LogP contribution in [-0.4, -0.2) is 33.8 Å². The number of ether oxygens (including phenoxy) is 1. The van der Waals surface area contributed by atoms with E-state index in [2.05, 4.69) is 10.0 Å². The van der Waals surface area contributed by atoms with Crippen molar-refractivity contribution in [2.75, 3.05) is 19.0 Å². The van der Waals surface area contributed by atoms with Gasteiger partial charge in [-0.1, -0.05) is 0 Å². The van der Waals surface area contributed by atoms with Gasteiger partial charge in [0.2, 0.25) is 15.9 Å². The Labute approximate surface area is 158 Å². The van der Waals surface area contributed by atoms with Crippen LogP contribution >= 0.6 is 0 Å². The Morgan fingerprint density at radius 3 is 2.19 bits per heavy atom. The molecule has 0 aliphatic rings. The molecule has 27 heavy (non-hydrogen) atoms. The Balaban J connectivity index is 2.07. The lowest BCUT2D eigenvalue weighted by molar-refractivity contribution is -0.115. The van der Waals surface area contributed by atoms with Gasteiger partial charge in [0, 0.05) is 11.3 Å². The Bertz CT molecular complexity index is 966. The van der Waals surface area contributed by atoms with E-state index in [1.807, 2.05) is 6.92 Å². The highest BCUT2D eigenvalue weighted by molar-refractivity contribution is 7.89. The van der Waals surface area contributed by atoms with Crippen LogP contribution in [0.1, 0.15) is 28.4 Å². The van der Waals surface area contributed by atoms with Crippen molar-refractivity contribution in [1.29, 1.82) is 0 Å². The molecule has 8 heteroatoms. The fourth-order valence-electron chi connectivity index (χ4n) is 2.36. The molecule has 0 fully saturated rings. The zero-order chi connectivity index (χ0) is 20.2. The second-order valence-electron chi connectivity index (χ2n) is 6.09. The first-order valence-corrected chi connectivity index (χ1v) is 9.68. The Morgan fingerprint density at radius 1 is 1.04 bits per heavy atom. The quantitative estimate of drug-likeness (QED) is 0.707. The van der Waals surface area contributed by atoms with Crippen molar-refractivity contribution in [2.45, 2.75) is 25.7 Å². The SMILES string of the molecule is COc1cc(C)c(C)cc1S(=O)(=O)NCC(=O)Nc1ccc(C(C)=O)cc1. The predicted molar refractivity (Wildman–Crippen MR) is 103 cm³/mol. The number of hydrogen-bond acceptors (Lipinski definition) is 5. The second kappa shape index (κ2) is 8.32. The van der Waals surface area contributed by atoms with E-state index in [9.17, 15) is 18.0 Å². The van der Waals surface area contributed by atoms with Gasteiger partial charge in [0.15, 0.2) is 5.78 Å². The summed E-state index contributed by atoms with van der Waals surface area (Å²) in [6, 6.07) is 9.48. The van der Waals surface area contributed by atoms with Crippen LogP contribution in [0.5, 0.6) is 5.75 Å². The molecule has 0 aliphatic heterocycles. The number of nitrogens with one attached hydrogen (secondary N) is 2. The Morgan fingerprint density at radius 2 is 1.63 bits per heavy atom. The average molecular weight is 390 g/mol. The molecule has 1 amide bonds. The third kappa shape index (κ3) is 5.15. The third-order valence-electron chi connectivity index (χ3n) is 4.07. The number of anilines is 1. The van der Waals surface area contributed by atoms with E-state index in [1.165, 1.54) is 20.1 Å². The van der Waals surface area contributed by atoms with Gasteiger partial charge in [-0.15, -0.1) is 0 Å². The fraction of sp³-hybridized carbons (Fsp3) is 0.263. The maximum atomic E-state index is 12.5. The highest BCUT2D eigenvalue weighted by atomic mass is 32.2. The number of hydrogen-bond donors (Lipinski definition) is 2.